The number of fused-ring (bicyclic) bond motifs is 1. The monoisotopic (exact) mass is 350 g/mol. The van der Waals surface area contributed by atoms with E-state index in [9.17, 15) is 10.1 Å². The second kappa shape index (κ2) is 6.68. The van der Waals surface area contributed by atoms with Crippen LogP contribution in [0.3, 0.4) is 0 Å². The van der Waals surface area contributed by atoms with Crippen LogP contribution in [0.5, 0.6) is 5.75 Å². The maximum atomic E-state index is 11.7. The van der Waals surface area contributed by atoms with Crippen LogP contribution >= 0.6 is 11.6 Å². The van der Waals surface area contributed by atoms with E-state index in [-0.39, 0.29) is 10.6 Å². The van der Waals surface area contributed by atoms with Gasteiger partial charge < -0.3 is 14.2 Å². The second-order valence-electron chi connectivity index (χ2n) is 5.75. The van der Waals surface area contributed by atoms with Crippen molar-refractivity contribution in [2.24, 2.45) is 0 Å². The van der Waals surface area contributed by atoms with Gasteiger partial charge in [-0.05, 0) is 25.0 Å². The molecular weight excluding hydrogens is 332 g/mol. The van der Waals surface area contributed by atoms with Crippen molar-refractivity contribution in [3.63, 3.8) is 0 Å². The van der Waals surface area contributed by atoms with Crippen LogP contribution in [0.25, 0.3) is 0 Å². The van der Waals surface area contributed by atoms with Crippen LogP contribution in [0.4, 0.5) is 11.5 Å². The van der Waals surface area contributed by atoms with Gasteiger partial charge in [0.1, 0.15) is 5.15 Å². The lowest BCUT2D eigenvalue weighted by Crippen LogP contribution is -2.20. The fraction of sp³-hybridized carbons (Fsp3) is 0.438. The average molecular weight is 351 g/mol. The van der Waals surface area contributed by atoms with Gasteiger partial charge in [0.25, 0.3) is 0 Å². The van der Waals surface area contributed by atoms with Gasteiger partial charge in [-0.3, -0.25) is 10.1 Å². The molecule has 0 bridgehead atoms. The highest BCUT2D eigenvalue weighted by Crippen LogP contribution is 2.45. The predicted octanol–water partition coefficient (Wildman–Crippen LogP) is 3.56. The van der Waals surface area contributed by atoms with Crippen molar-refractivity contribution in [1.82, 2.24) is 9.55 Å². The zero-order valence-corrected chi connectivity index (χ0v) is 14.4. The lowest BCUT2D eigenvalue weighted by Gasteiger charge is -2.17. The summed E-state index contributed by atoms with van der Waals surface area (Å²) in [5, 5.41) is 12.1. The molecule has 7 nitrogen and oxygen atoms in total. The normalized spacial score (nSPS) is 13.2. The molecule has 1 aliphatic heterocycles. The van der Waals surface area contributed by atoms with Crippen molar-refractivity contribution in [1.29, 1.82) is 0 Å². The molecule has 3 heterocycles. The van der Waals surface area contributed by atoms with E-state index < -0.39 is 0 Å². The molecule has 128 valence electrons. The molecule has 0 saturated heterocycles. The fourth-order valence-corrected chi connectivity index (χ4v) is 3.13. The van der Waals surface area contributed by atoms with Gasteiger partial charge >= 0.3 is 5.69 Å². The SMILES string of the molecule is CCCOc1c([N+](=O)[O-])c2n(c1C)CCN2Cc1ccc(Cl)nc1. The number of aromatic nitrogens is 2. The van der Waals surface area contributed by atoms with E-state index in [0.29, 0.717) is 43.0 Å². The molecule has 1 aliphatic rings. The van der Waals surface area contributed by atoms with Gasteiger partial charge in [-0.2, -0.15) is 0 Å². The molecule has 2 aromatic rings. The lowest BCUT2D eigenvalue weighted by atomic mass is 10.2. The average Bonchev–Trinajstić information content (AvgIpc) is 3.07. The number of hydrogen-bond donors (Lipinski definition) is 0. The van der Waals surface area contributed by atoms with Gasteiger partial charge in [0, 0.05) is 25.8 Å². The van der Waals surface area contributed by atoms with E-state index in [1.807, 2.05) is 29.4 Å². The van der Waals surface area contributed by atoms with E-state index in [1.165, 1.54) is 0 Å². The molecule has 2 aromatic heterocycles. The number of ether oxygens (including phenoxy) is 1. The van der Waals surface area contributed by atoms with Crippen molar-refractivity contribution < 1.29 is 9.66 Å². The number of nitro groups is 1. The summed E-state index contributed by atoms with van der Waals surface area (Å²) in [5.74, 6) is 0.995. The zero-order valence-electron chi connectivity index (χ0n) is 13.7. The molecular formula is C16H19ClN4O3. The topological polar surface area (TPSA) is 73.4 Å². The third kappa shape index (κ3) is 2.91. The molecule has 0 aromatic carbocycles. The minimum absolute atomic E-state index is 0.0559. The number of nitrogens with zero attached hydrogens (tertiary/aromatic N) is 4. The molecule has 24 heavy (non-hydrogen) atoms. The molecule has 0 unspecified atom stereocenters. The van der Waals surface area contributed by atoms with Crippen molar-refractivity contribution in [2.75, 3.05) is 18.1 Å². The van der Waals surface area contributed by atoms with Crippen LogP contribution in [0.1, 0.15) is 24.6 Å². The highest BCUT2D eigenvalue weighted by molar-refractivity contribution is 6.29. The number of hydrogen-bond acceptors (Lipinski definition) is 5. The predicted molar refractivity (Wildman–Crippen MR) is 91.9 cm³/mol. The van der Waals surface area contributed by atoms with E-state index in [0.717, 1.165) is 17.7 Å². The van der Waals surface area contributed by atoms with Crippen LogP contribution in [0.2, 0.25) is 5.15 Å². The minimum Gasteiger partial charge on any atom is -0.486 e. The van der Waals surface area contributed by atoms with Crippen LogP contribution in [-0.2, 0) is 13.1 Å². The Balaban J connectivity index is 1.96. The largest absolute Gasteiger partial charge is 0.486 e. The molecule has 0 aliphatic carbocycles. The Morgan fingerprint density at radius 3 is 2.83 bits per heavy atom. The molecule has 0 saturated carbocycles. The second-order valence-corrected chi connectivity index (χ2v) is 6.14. The molecule has 0 radical (unpaired) electrons. The number of anilines is 1. The maximum absolute atomic E-state index is 11.7. The van der Waals surface area contributed by atoms with Crippen molar-refractivity contribution in [2.45, 2.75) is 33.4 Å². The standard InChI is InChI=1S/C16H19ClN4O3/c1-3-8-24-15-11(2)20-7-6-19(16(20)14(15)21(22)23)10-12-4-5-13(17)18-9-12/h4-5,9H,3,6-8,10H2,1-2H3. The first-order valence-corrected chi connectivity index (χ1v) is 8.26. The smallest absolute Gasteiger partial charge is 0.353 e. The van der Waals surface area contributed by atoms with Gasteiger partial charge in [0.2, 0.25) is 5.75 Å². The molecule has 0 fully saturated rings. The first kappa shape index (κ1) is 16.6. The molecule has 0 N–H and O–H groups in total. The molecule has 0 spiro atoms. The summed E-state index contributed by atoms with van der Waals surface area (Å²) in [5.41, 5.74) is 1.82. The minimum atomic E-state index is -0.345. The maximum Gasteiger partial charge on any atom is 0.353 e. The summed E-state index contributed by atoms with van der Waals surface area (Å²) in [6, 6.07) is 3.61. The molecule has 0 amide bonds. The Labute approximate surface area is 145 Å². The Morgan fingerprint density at radius 1 is 1.42 bits per heavy atom. The van der Waals surface area contributed by atoms with E-state index in [1.54, 1.807) is 12.3 Å². The van der Waals surface area contributed by atoms with Gasteiger partial charge in [-0.25, -0.2) is 4.98 Å². The molecule has 0 atom stereocenters. The first-order chi connectivity index (χ1) is 11.5. The van der Waals surface area contributed by atoms with Gasteiger partial charge in [-0.15, -0.1) is 0 Å². The molecule has 8 heteroatoms. The Morgan fingerprint density at radius 2 is 2.21 bits per heavy atom. The van der Waals surface area contributed by atoms with Gasteiger partial charge in [0.15, 0.2) is 5.82 Å². The van der Waals surface area contributed by atoms with E-state index in [2.05, 4.69) is 4.98 Å². The summed E-state index contributed by atoms with van der Waals surface area (Å²) in [6.45, 7) is 6.28. The third-order valence-electron chi connectivity index (χ3n) is 4.10. The summed E-state index contributed by atoms with van der Waals surface area (Å²) in [7, 11) is 0. The quantitative estimate of drug-likeness (QED) is 0.452. The Hall–Kier alpha value is -2.28. The van der Waals surface area contributed by atoms with E-state index in [4.69, 9.17) is 16.3 Å². The first-order valence-electron chi connectivity index (χ1n) is 7.88. The van der Waals surface area contributed by atoms with Gasteiger partial charge in [-0.1, -0.05) is 24.6 Å². The Bertz CT molecular complexity index is 758. The summed E-state index contributed by atoms with van der Waals surface area (Å²) in [4.78, 5) is 17.4. The van der Waals surface area contributed by atoms with Crippen molar-refractivity contribution in [3.8, 4) is 5.75 Å². The lowest BCUT2D eigenvalue weighted by molar-refractivity contribution is -0.385. The van der Waals surface area contributed by atoms with Crippen LogP contribution < -0.4 is 9.64 Å². The zero-order chi connectivity index (χ0) is 17.3. The van der Waals surface area contributed by atoms with E-state index >= 15 is 0 Å². The summed E-state index contributed by atoms with van der Waals surface area (Å²) in [6.07, 6.45) is 2.50. The third-order valence-corrected chi connectivity index (χ3v) is 4.33. The van der Waals surface area contributed by atoms with Crippen LogP contribution in [-0.4, -0.2) is 27.6 Å². The number of rotatable bonds is 6. The van der Waals surface area contributed by atoms with Crippen LogP contribution in [0, 0.1) is 17.0 Å². The highest BCUT2D eigenvalue weighted by Gasteiger charge is 2.37. The summed E-state index contributed by atoms with van der Waals surface area (Å²) < 4.78 is 7.64. The highest BCUT2D eigenvalue weighted by atomic mass is 35.5. The van der Waals surface area contributed by atoms with Crippen molar-refractivity contribution in [3.05, 3.63) is 44.9 Å². The van der Waals surface area contributed by atoms with Gasteiger partial charge in [0.05, 0.1) is 17.2 Å². The number of halogens is 1. The fourth-order valence-electron chi connectivity index (χ4n) is 3.02. The molecule has 3 rings (SSSR count). The Kier molecular flexibility index (Phi) is 4.62. The number of pyridine rings is 1. The van der Waals surface area contributed by atoms with Crippen LogP contribution in [0.15, 0.2) is 18.3 Å². The summed E-state index contributed by atoms with van der Waals surface area (Å²) >= 11 is 5.81. The van der Waals surface area contributed by atoms with Crippen molar-refractivity contribution >= 4 is 23.1 Å².